The van der Waals surface area contributed by atoms with E-state index in [2.05, 4.69) is 12.2 Å². The van der Waals surface area contributed by atoms with Gasteiger partial charge in [-0.25, -0.2) is 0 Å². The van der Waals surface area contributed by atoms with Gasteiger partial charge in [0.05, 0.1) is 18.8 Å². The third-order valence-electron chi connectivity index (χ3n) is 5.01. The van der Waals surface area contributed by atoms with Gasteiger partial charge in [0, 0.05) is 38.8 Å². The molecule has 2 saturated heterocycles. The zero-order valence-electron chi connectivity index (χ0n) is 13.2. The van der Waals surface area contributed by atoms with Crippen molar-refractivity contribution in [1.82, 2.24) is 5.32 Å². The molecule has 118 valence electrons. The normalized spacial score (nSPS) is 33.9. The number of nitrogens with one attached hydrogen (secondary N) is 1. The molecule has 2 aliphatic rings. The standard InChI is InChI=1S/C16H31NO3/c1-14-16(8-11-19-14,13-17-9-12-18-2)7-3-5-15-6-4-10-20-15/h14-15,17H,3-13H2,1-2H3. The van der Waals surface area contributed by atoms with Gasteiger partial charge in [0.25, 0.3) is 0 Å². The molecule has 4 heteroatoms. The van der Waals surface area contributed by atoms with Gasteiger partial charge in [-0.1, -0.05) is 6.42 Å². The molecule has 2 fully saturated rings. The molecule has 0 aromatic carbocycles. The summed E-state index contributed by atoms with van der Waals surface area (Å²) in [5.74, 6) is 0. The molecule has 20 heavy (non-hydrogen) atoms. The van der Waals surface area contributed by atoms with Crippen LogP contribution < -0.4 is 5.32 Å². The van der Waals surface area contributed by atoms with Gasteiger partial charge in [-0.2, -0.15) is 0 Å². The number of hydrogen-bond acceptors (Lipinski definition) is 4. The quantitative estimate of drug-likeness (QED) is 0.660. The van der Waals surface area contributed by atoms with Crippen molar-refractivity contribution >= 4 is 0 Å². The summed E-state index contributed by atoms with van der Waals surface area (Å²) in [6.07, 6.45) is 8.28. The van der Waals surface area contributed by atoms with Crippen LogP contribution in [0, 0.1) is 5.41 Å². The lowest BCUT2D eigenvalue weighted by Crippen LogP contribution is -2.40. The summed E-state index contributed by atoms with van der Waals surface area (Å²) in [6.45, 7) is 6.86. The summed E-state index contributed by atoms with van der Waals surface area (Å²) < 4.78 is 16.7. The predicted molar refractivity (Wildman–Crippen MR) is 80.0 cm³/mol. The molecule has 0 aromatic rings. The summed E-state index contributed by atoms with van der Waals surface area (Å²) in [5, 5.41) is 3.54. The minimum Gasteiger partial charge on any atom is -0.383 e. The van der Waals surface area contributed by atoms with E-state index >= 15 is 0 Å². The van der Waals surface area contributed by atoms with E-state index in [-0.39, 0.29) is 0 Å². The van der Waals surface area contributed by atoms with Gasteiger partial charge in [0.2, 0.25) is 0 Å². The van der Waals surface area contributed by atoms with Gasteiger partial charge < -0.3 is 19.5 Å². The average Bonchev–Trinajstić information content (AvgIpc) is 3.07. The summed E-state index contributed by atoms with van der Waals surface area (Å²) >= 11 is 0. The highest BCUT2D eigenvalue weighted by Crippen LogP contribution is 2.39. The number of ether oxygens (including phenoxy) is 3. The van der Waals surface area contributed by atoms with Crippen molar-refractivity contribution in [1.29, 1.82) is 0 Å². The molecule has 4 nitrogen and oxygen atoms in total. The monoisotopic (exact) mass is 285 g/mol. The second kappa shape index (κ2) is 8.32. The number of hydrogen-bond donors (Lipinski definition) is 1. The second-order valence-electron chi connectivity index (χ2n) is 6.32. The van der Waals surface area contributed by atoms with E-state index in [9.17, 15) is 0 Å². The van der Waals surface area contributed by atoms with Gasteiger partial charge in [0.15, 0.2) is 0 Å². The zero-order valence-corrected chi connectivity index (χ0v) is 13.2. The Bertz CT molecular complexity index is 268. The Balaban J connectivity index is 1.74. The van der Waals surface area contributed by atoms with Gasteiger partial charge in [-0.15, -0.1) is 0 Å². The summed E-state index contributed by atoms with van der Waals surface area (Å²) in [7, 11) is 1.75. The van der Waals surface area contributed by atoms with Crippen molar-refractivity contribution in [2.45, 2.75) is 57.7 Å². The van der Waals surface area contributed by atoms with Crippen molar-refractivity contribution in [2.24, 2.45) is 5.41 Å². The van der Waals surface area contributed by atoms with E-state index in [0.717, 1.165) is 32.9 Å². The molecule has 0 radical (unpaired) electrons. The van der Waals surface area contributed by atoms with Gasteiger partial charge in [0.1, 0.15) is 0 Å². The first kappa shape index (κ1) is 16.2. The molecule has 3 atom stereocenters. The van der Waals surface area contributed by atoms with Crippen LogP contribution >= 0.6 is 0 Å². The molecule has 0 aliphatic carbocycles. The lowest BCUT2D eigenvalue weighted by molar-refractivity contribution is 0.0506. The van der Waals surface area contributed by atoms with E-state index < -0.39 is 0 Å². The Morgan fingerprint density at radius 3 is 2.85 bits per heavy atom. The summed E-state index contributed by atoms with van der Waals surface area (Å²) in [5.41, 5.74) is 0.312. The molecule has 2 aliphatic heterocycles. The largest absolute Gasteiger partial charge is 0.383 e. The van der Waals surface area contributed by atoms with Crippen molar-refractivity contribution in [3.05, 3.63) is 0 Å². The fourth-order valence-corrected chi connectivity index (χ4v) is 3.53. The molecule has 3 unspecified atom stereocenters. The molecule has 0 amide bonds. The summed E-state index contributed by atoms with van der Waals surface area (Å²) in [6, 6.07) is 0. The SMILES string of the molecule is COCCNCC1(CCCC2CCCO2)CCOC1C. The van der Waals surface area contributed by atoms with Crippen LogP contribution in [0.3, 0.4) is 0 Å². The lowest BCUT2D eigenvalue weighted by Gasteiger charge is -2.33. The van der Waals surface area contributed by atoms with Gasteiger partial charge in [-0.3, -0.25) is 0 Å². The molecule has 0 spiro atoms. The van der Waals surface area contributed by atoms with Crippen LogP contribution in [0.2, 0.25) is 0 Å². The van der Waals surface area contributed by atoms with Crippen molar-refractivity contribution in [3.63, 3.8) is 0 Å². The third kappa shape index (κ3) is 4.42. The Morgan fingerprint density at radius 2 is 2.20 bits per heavy atom. The Morgan fingerprint density at radius 1 is 1.30 bits per heavy atom. The Hall–Kier alpha value is -0.160. The minimum atomic E-state index is 0.312. The van der Waals surface area contributed by atoms with Gasteiger partial charge in [-0.05, 0) is 39.0 Å². The molecule has 0 bridgehead atoms. The van der Waals surface area contributed by atoms with Crippen LogP contribution in [0.5, 0.6) is 0 Å². The first-order valence-electron chi connectivity index (χ1n) is 8.20. The van der Waals surface area contributed by atoms with Crippen molar-refractivity contribution in [2.75, 3.05) is 40.0 Å². The third-order valence-corrected chi connectivity index (χ3v) is 5.01. The smallest absolute Gasteiger partial charge is 0.0616 e. The predicted octanol–water partition coefficient (Wildman–Crippen LogP) is 2.37. The molecule has 1 N–H and O–H groups in total. The van der Waals surface area contributed by atoms with Gasteiger partial charge >= 0.3 is 0 Å². The molecule has 2 heterocycles. The maximum Gasteiger partial charge on any atom is 0.0616 e. The molecule has 0 aromatic heterocycles. The Labute approximate surface area is 123 Å². The first-order valence-corrected chi connectivity index (χ1v) is 8.20. The van der Waals surface area contributed by atoms with Crippen LogP contribution in [0.15, 0.2) is 0 Å². The molecular formula is C16H31NO3. The highest BCUT2D eigenvalue weighted by molar-refractivity contribution is 4.91. The maximum atomic E-state index is 5.85. The highest BCUT2D eigenvalue weighted by atomic mass is 16.5. The molecule has 0 saturated carbocycles. The van der Waals surface area contributed by atoms with Crippen LogP contribution in [0.25, 0.3) is 0 Å². The topological polar surface area (TPSA) is 39.7 Å². The van der Waals surface area contributed by atoms with Crippen LogP contribution in [-0.4, -0.2) is 52.2 Å². The molecular weight excluding hydrogens is 254 g/mol. The second-order valence-corrected chi connectivity index (χ2v) is 6.32. The van der Waals surface area contributed by atoms with Crippen LogP contribution in [0.4, 0.5) is 0 Å². The fourth-order valence-electron chi connectivity index (χ4n) is 3.53. The van der Waals surface area contributed by atoms with E-state index in [1.54, 1.807) is 7.11 Å². The van der Waals surface area contributed by atoms with Crippen molar-refractivity contribution in [3.8, 4) is 0 Å². The Kier molecular flexibility index (Phi) is 6.75. The minimum absolute atomic E-state index is 0.312. The summed E-state index contributed by atoms with van der Waals surface area (Å²) in [4.78, 5) is 0. The lowest BCUT2D eigenvalue weighted by atomic mass is 9.76. The van der Waals surface area contributed by atoms with E-state index in [1.807, 2.05) is 0 Å². The van der Waals surface area contributed by atoms with E-state index in [1.165, 1.54) is 38.5 Å². The molecule has 2 rings (SSSR count). The van der Waals surface area contributed by atoms with E-state index in [0.29, 0.717) is 17.6 Å². The average molecular weight is 285 g/mol. The number of methoxy groups -OCH3 is 1. The maximum absolute atomic E-state index is 5.85. The van der Waals surface area contributed by atoms with Crippen LogP contribution in [-0.2, 0) is 14.2 Å². The number of rotatable bonds is 9. The van der Waals surface area contributed by atoms with Crippen molar-refractivity contribution < 1.29 is 14.2 Å². The highest BCUT2D eigenvalue weighted by Gasteiger charge is 2.40. The van der Waals surface area contributed by atoms with E-state index in [4.69, 9.17) is 14.2 Å². The van der Waals surface area contributed by atoms with Crippen LogP contribution in [0.1, 0.15) is 45.4 Å². The zero-order chi connectivity index (χ0) is 14.3. The first-order chi connectivity index (χ1) is 9.77. The fraction of sp³-hybridized carbons (Fsp3) is 1.00.